The standard InChI is InChI=1S/C23H24N6O4S/c1-24-16-11-19-18(21(12-16)34(31,32)17-2-3-17)13-27-29(19)20(10-15-4-8-33-9-5-15)23(30)28-22-14-25-6-7-26-22/h6-7,11-15,17,20H,2-5,8-10H2,(H,26,28,30). The quantitative estimate of drug-likeness (QED) is 0.515. The predicted octanol–water partition coefficient (Wildman–Crippen LogP) is 3.31. The molecule has 0 radical (unpaired) electrons. The molecule has 1 saturated carbocycles. The normalized spacial score (nSPS) is 17.9. The number of nitrogens with one attached hydrogen (secondary N) is 1. The van der Waals surface area contributed by atoms with Crippen LogP contribution in [0.4, 0.5) is 11.5 Å². The van der Waals surface area contributed by atoms with Gasteiger partial charge in [0.25, 0.3) is 0 Å². The largest absolute Gasteiger partial charge is 0.381 e. The number of aromatic nitrogens is 4. The third-order valence-electron chi connectivity index (χ3n) is 6.37. The average molecular weight is 481 g/mol. The molecule has 34 heavy (non-hydrogen) atoms. The van der Waals surface area contributed by atoms with Crippen molar-refractivity contribution in [3.05, 3.63) is 48.3 Å². The molecular formula is C23H24N6O4S. The SMILES string of the molecule is [C-]#[N+]c1cc(S(=O)(=O)C2CC2)c2cnn(C(CC3CCOCC3)C(=O)Nc3cnccn3)c2c1. The first kappa shape index (κ1) is 22.4. The summed E-state index contributed by atoms with van der Waals surface area (Å²) in [4.78, 5) is 25.2. The molecule has 0 spiro atoms. The Labute approximate surface area is 197 Å². The second kappa shape index (κ2) is 9.12. The number of ether oxygens (including phenoxy) is 1. The lowest BCUT2D eigenvalue weighted by Gasteiger charge is -2.26. The van der Waals surface area contributed by atoms with Crippen molar-refractivity contribution in [3.63, 3.8) is 0 Å². The van der Waals surface area contributed by atoms with Gasteiger partial charge in [0.15, 0.2) is 21.3 Å². The van der Waals surface area contributed by atoms with Crippen LogP contribution in [-0.4, -0.2) is 52.5 Å². The van der Waals surface area contributed by atoms with Gasteiger partial charge in [-0.3, -0.25) is 14.5 Å². The van der Waals surface area contributed by atoms with Crippen LogP contribution in [0.3, 0.4) is 0 Å². The van der Waals surface area contributed by atoms with E-state index in [1.807, 2.05) is 0 Å². The Morgan fingerprint density at radius 3 is 2.68 bits per heavy atom. The molecule has 1 aliphatic heterocycles. The lowest BCUT2D eigenvalue weighted by atomic mass is 9.92. The van der Waals surface area contributed by atoms with Gasteiger partial charge in [0.2, 0.25) is 5.91 Å². The molecule has 1 aromatic carbocycles. The monoisotopic (exact) mass is 480 g/mol. The van der Waals surface area contributed by atoms with Crippen LogP contribution in [0.25, 0.3) is 15.7 Å². The summed E-state index contributed by atoms with van der Waals surface area (Å²) in [7, 11) is -3.57. The first-order chi connectivity index (χ1) is 16.5. The fourth-order valence-electron chi connectivity index (χ4n) is 4.39. The van der Waals surface area contributed by atoms with E-state index >= 15 is 0 Å². The van der Waals surface area contributed by atoms with Gasteiger partial charge in [-0.15, -0.1) is 0 Å². The van der Waals surface area contributed by atoms with Gasteiger partial charge >= 0.3 is 0 Å². The van der Waals surface area contributed by atoms with Crippen LogP contribution in [0, 0.1) is 12.5 Å². The van der Waals surface area contributed by atoms with Gasteiger partial charge in [0.1, 0.15) is 6.04 Å². The summed E-state index contributed by atoms with van der Waals surface area (Å²) in [5.41, 5.74) is 0.659. The predicted molar refractivity (Wildman–Crippen MR) is 124 cm³/mol. The second-order valence-electron chi connectivity index (χ2n) is 8.71. The molecule has 10 nitrogen and oxygen atoms in total. The smallest absolute Gasteiger partial charge is 0.250 e. The lowest BCUT2D eigenvalue weighted by Crippen LogP contribution is -2.30. The number of amides is 1. The van der Waals surface area contributed by atoms with Crippen LogP contribution in [0.5, 0.6) is 0 Å². The minimum atomic E-state index is -3.57. The molecular weight excluding hydrogens is 456 g/mol. The van der Waals surface area contributed by atoms with Crippen molar-refractivity contribution >= 4 is 38.2 Å². The van der Waals surface area contributed by atoms with Crippen molar-refractivity contribution in [1.29, 1.82) is 0 Å². The molecule has 0 bridgehead atoms. The highest BCUT2D eigenvalue weighted by Gasteiger charge is 2.39. The number of hydrogen-bond donors (Lipinski definition) is 1. The highest BCUT2D eigenvalue weighted by molar-refractivity contribution is 7.92. The van der Waals surface area contributed by atoms with E-state index in [-0.39, 0.29) is 22.4 Å². The summed E-state index contributed by atoms with van der Waals surface area (Å²) in [6.07, 6.45) is 9.34. The molecule has 2 aromatic heterocycles. The van der Waals surface area contributed by atoms with Crippen molar-refractivity contribution in [1.82, 2.24) is 19.7 Å². The van der Waals surface area contributed by atoms with Gasteiger partial charge in [0.05, 0.1) is 34.6 Å². The van der Waals surface area contributed by atoms with E-state index in [0.29, 0.717) is 49.2 Å². The van der Waals surface area contributed by atoms with Crippen LogP contribution in [0.15, 0.2) is 41.8 Å². The van der Waals surface area contributed by atoms with E-state index in [1.165, 1.54) is 30.9 Å². The summed E-state index contributed by atoms with van der Waals surface area (Å²) in [6, 6.07) is 2.30. The lowest BCUT2D eigenvalue weighted by molar-refractivity contribution is -0.120. The Morgan fingerprint density at radius 2 is 2.00 bits per heavy atom. The Kier molecular flexibility index (Phi) is 6.02. The zero-order valence-electron chi connectivity index (χ0n) is 18.4. The Bertz CT molecular complexity index is 1360. The maximum Gasteiger partial charge on any atom is 0.250 e. The number of sulfone groups is 1. The van der Waals surface area contributed by atoms with Crippen molar-refractivity contribution < 1.29 is 17.9 Å². The summed E-state index contributed by atoms with van der Waals surface area (Å²) in [5.74, 6) is 0.237. The third-order valence-corrected chi connectivity index (χ3v) is 8.67. The van der Waals surface area contributed by atoms with Gasteiger partial charge < -0.3 is 10.1 Å². The maximum atomic E-state index is 13.4. The Hall–Kier alpha value is -3.36. The van der Waals surface area contributed by atoms with E-state index in [0.717, 1.165) is 12.8 Å². The van der Waals surface area contributed by atoms with Gasteiger partial charge in [-0.1, -0.05) is 0 Å². The van der Waals surface area contributed by atoms with Gasteiger partial charge in [-0.2, -0.15) is 5.10 Å². The highest BCUT2D eigenvalue weighted by atomic mass is 32.2. The van der Waals surface area contributed by atoms with Crippen molar-refractivity contribution in [2.24, 2.45) is 5.92 Å². The summed E-state index contributed by atoms with van der Waals surface area (Å²) < 4.78 is 33.2. The Morgan fingerprint density at radius 1 is 1.21 bits per heavy atom. The summed E-state index contributed by atoms with van der Waals surface area (Å²) >= 11 is 0. The minimum absolute atomic E-state index is 0.115. The van der Waals surface area contributed by atoms with Crippen LogP contribution in [-0.2, 0) is 19.4 Å². The second-order valence-corrected chi connectivity index (χ2v) is 10.9. The van der Waals surface area contributed by atoms with E-state index in [2.05, 4.69) is 25.2 Å². The number of fused-ring (bicyclic) bond motifs is 1. The first-order valence-corrected chi connectivity index (χ1v) is 12.8. The molecule has 5 rings (SSSR count). The summed E-state index contributed by atoms with van der Waals surface area (Å²) in [5, 5.41) is 7.29. The van der Waals surface area contributed by atoms with Crippen LogP contribution in [0.2, 0.25) is 0 Å². The molecule has 176 valence electrons. The topological polar surface area (TPSA) is 120 Å². The zero-order chi connectivity index (χ0) is 23.7. The number of anilines is 1. The molecule has 1 amide bonds. The summed E-state index contributed by atoms with van der Waals surface area (Å²) in [6.45, 7) is 8.77. The van der Waals surface area contributed by atoms with Crippen molar-refractivity contribution in [2.45, 2.75) is 48.3 Å². The first-order valence-electron chi connectivity index (χ1n) is 11.2. The Balaban J connectivity index is 1.58. The molecule has 1 N–H and O–H groups in total. The minimum Gasteiger partial charge on any atom is -0.381 e. The zero-order valence-corrected chi connectivity index (χ0v) is 19.2. The van der Waals surface area contributed by atoms with Gasteiger partial charge in [-0.05, 0) is 50.2 Å². The number of rotatable bonds is 7. The number of nitrogens with zero attached hydrogens (tertiary/aromatic N) is 5. The van der Waals surface area contributed by atoms with E-state index in [4.69, 9.17) is 11.3 Å². The molecule has 11 heteroatoms. The molecule has 1 unspecified atom stereocenters. The molecule has 1 saturated heterocycles. The van der Waals surface area contributed by atoms with E-state index in [9.17, 15) is 13.2 Å². The fourth-order valence-corrected chi connectivity index (χ4v) is 6.26. The molecule has 3 aromatic rings. The van der Waals surface area contributed by atoms with Gasteiger partial charge in [-0.25, -0.2) is 18.2 Å². The van der Waals surface area contributed by atoms with Crippen LogP contribution >= 0.6 is 0 Å². The molecule has 1 atom stereocenters. The van der Waals surface area contributed by atoms with Gasteiger partial charge in [0, 0.05) is 31.0 Å². The molecule has 2 fully saturated rings. The number of benzene rings is 1. The number of hydrogen-bond acceptors (Lipinski definition) is 7. The number of carbonyl (C=O) groups is 1. The molecule has 1 aliphatic carbocycles. The molecule has 2 aliphatic rings. The average Bonchev–Trinajstić information content (AvgIpc) is 3.64. The van der Waals surface area contributed by atoms with Crippen LogP contribution < -0.4 is 5.32 Å². The van der Waals surface area contributed by atoms with E-state index in [1.54, 1.807) is 10.7 Å². The van der Waals surface area contributed by atoms with Crippen molar-refractivity contribution in [2.75, 3.05) is 18.5 Å². The highest BCUT2D eigenvalue weighted by Crippen LogP contribution is 2.39. The van der Waals surface area contributed by atoms with Crippen molar-refractivity contribution in [3.8, 4) is 0 Å². The third kappa shape index (κ3) is 4.38. The van der Waals surface area contributed by atoms with Crippen LogP contribution in [0.1, 0.15) is 38.1 Å². The maximum absolute atomic E-state index is 13.4. The molecule has 3 heterocycles. The fraction of sp³-hybridized carbons (Fsp3) is 0.435. The number of carbonyl (C=O) groups excluding carboxylic acids is 1. The van der Waals surface area contributed by atoms with E-state index < -0.39 is 21.1 Å².